The molecule has 1 aliphatic carbocycles. The third-order valence-electron chi connectivity index (χ3n) is 6.28. The third-order valence-corrected chi connectivity index (χ3v) is 6.28. The molecule has 0 amide bonds. The van der Waals surface area contributed by atoms with Crippen LogP contribution in [0.2, 0.25) is 0 Å². The molecule has 0 saturated heterocycles. The van der Waals surface area contributed by atoms with Gasteiger partial charge >= 0.3 is 0 Å². The van der Waals surface area contributed by atoms with E-state index in [-0.39, 0.29) is 43.4 Å². The monoisotopic (exact) mass is 679 g/mol. The second-order valence-corrected chi connectivity index (χ2v) is 8.65. The van der Waals surface area contributed by atoms with Crippen molar-refractivity contribution in [3.8, 4) is 23.2 Å². The summed E-state index contributed by atoms with van der Waals surface area (Å²) in [5.74, 6) is 1.11. The number of halogens is 1. The fraction of sp³-hybridized carbons (Fsp3) is 0.583. The molecule has 7 nitrogen and oxygen atoms in total. The molecule has 0 aromatic carbocycles. The molecule has 1 atom stereocenters. The van der Waals surface area contributed by atoms with Crippen LogP contribution in [-0.4, -0.2) is 41.3 Å². The van der Waals surface area contributed by atoms with Gasteiger partial charge in [0.05, 0.1) is 23.4 Å². The van der Waals surface area contributed by atoms with Crippen LogP contribution in [0.25, 0.3) is 11.4 Å². The molecule has 1 unspecified atom stereocenters. The first-order valence-corrected chi connectivity index (χ1v) is 11.3. The maximum absolute atomic E-state index is 14.5. The molecule has 0 radical (unpaired) electrons. The van der Waals surface area contributed by atoms with Gasteiger partial charge in [-0.3, -0.25) is 4.98 Å². The molecule has 0 spiro atoms. The molecular weight excluding hydrogens is 647 g/mol. The van der Waals surface area contributed by atoms with Crippen LogP contribution in [-0.2, 0) is 4.74 Å². The van der Waals surface area contributed by atoms with Gasteiger partial charge in [0.2, 0.25) is 5.95 Å². The smallest absolute Gasteiger partial charge is 0.223 e. The van der Waals surface area contributed by atoms with Gasteiger partial charge in [-0.25, -0.2) is 14.4 Å². The van der Waals surface area contributed by atoms with Gasteiger partial charge < -0.3 is 14.8 Å². The molecular formula is C24H32FN5O2U. The normalized spacial score (nSPS) is 19.6. The van der Waals surface area contributed by atoms with E-state index >= 15 is 0 Å². The predicted molar refractivity (Wildman–Crippen MR) is 121 cm³/mol. The number of aromatic nitrogens is 3. The number of anilines is 1. The van der Waals surface area contributed by atoms with Crippen LogP contribution >= 0.6 is 0 Å². The minimum Gasteiger partial charge on any atom is -0.492 e. The zero-order valence-corrected chi connectivity index (χ0v) is 23.8. The summed E-state index contributed by atoms with van der Waals surface area (Å²) in [6.07, 6.45) is 8.38. The van der Waals surface area contributed by atoms with Gasteiger partial charge in [-0.15, -0.1) is 0 Å². The summed E-state index contributed by atoms with van der Waals surface area (Å²) in [4.78, 5) is 12.8. The number of hydrogen-bond donors (Lipinski definition) is 1. The van der Waals surface area contributed by atoms with Gasteiger partial charge in [0.25, 0.3) is 0 Å². The van der Waals surface area contributed by atoms with Crippen molar-refractivity contribution in [1.29, 1.82) is 5.26 Å². The Morgan fingerprint density at radius 1 is 1.27 bits per heavy atom. The van der Waals surface area contributed by atoms with Crippen LogP contribution in [0.3, 0.4) is 0 Å². The number of hydrogen-bond acceptors (Lipinski definition) is 7. The Hall–Kier alpha value is -1.74. The largest absolute Gasteiger partial charge is 0.492 e. The van der Waals surface area contributed by atoms with Crippen molar-refractivity contribution in [1.82, 2.24) is 15.0 Å². The molecule has 2 aromatic heterocycles. The molecule has 33 heavy (non-hydrogen) atoms. The van der Waals surface area contributed by atoms with Gasteiger partial charge in [0, 0.05) is 63.1 Å². The Kier molecular flexibility index (Phi) is 11.0. The van der Waals surface area contributed by atoms with E-state index in [0.29, 0.717) is 42.9 Å². The molecule has 1 aliphatic rings. The maximum atomic E-state index is 14.5. The maximum Gasteiger partial charge on any atom is 0.223 e. The van der Waals surface area contributed by atoms with Crippen LogP contribution in [0.5, 0.6) is 5.75 Å². The van der Waals surface area contributed by atoms with E-state index in [1.54, 1.807) is 25.4 Å². The molecule has 9 heteroatoms. The number of ether oxygens (including phenoxy) is 2. The number of methoxy groups -OCH3 is 1. The summed E-state index contributed by atoms with van der Waals surface area (Å²) in [5.41, 5.74) is -0.161. The van der Waals surface area contributed by atoms with Crippen molar-refractivity contribution in [2.45, 2.75) is 58.4 Å². The minimum atomic E-state index is -0.645. The Morgan fingerprint density at radius 2 is 2.03 bits per heavy atom. The van der Waals surface area contributed by atoms with Gasteiger partial charge in [-0.05, 0) is 50.5 Å². The first kappa shape index (κ1) is 27.5. The first-order chi connectivity index (χ1) is 15.5. The van der Waals surface area contributed by atoms with Gasteiger partial charge in [-0.2, -0.15) is 5.26 Å². The molecule has 1 N–H and O–H groups in total. The molecule has 1 saturated carbocycles. The number of nitrogens with zero attached hydrogens (tertiary/aromatic N) is 4. The van der Waals surface area contributed by atoms with Crippen molar-refractivity contribution in [2.24, 2.45) is 11.3 Å². The summed E-state index contributed by atoms with van der Waals surface area (Å²) < 4.78 is 25.6. The summed E-state index contributed by atoms with van der Waals surface area (Å²) in [5, 5.41) is 13.0. The fourth-order valence-electron chi connectivity index (χ4n) is 3.87. The van der Waals surface area contributed by atoms with Gasteiger partial charge in [0.1, 0.15) is 18.1 Å². The number of pyridine rings is 1. The van der Waals surface area contributed by atoms with Crippen LogP contribution in [0.1, 0.15) is 52.4 Å². The van der Waals surface area contributed by atoms with E-state index in [1.165, 1.54) is 19.0 Å². The second kappa shape index (κ2) is 13.2. The molecule has 2 aromatic rings. The molecule has 0 aliphatic heterocycles. The van der Waals surface area contributed by atoms with Crippen molar-refractivity contribution < 1.29 is 45.0 Å². The van der Waals surface area contributed by atoms with Crippen LogP contribution < -0.4 is 10.1 Å². The van der Waals surface area contributed by atoms with Crippen LogP contribution in [0.4, 0.5) is 10.3 Å². The summed E-state index contributed by atoms with van der Waals surface area (Å²) in [6.45, 7) is 4.92. The molecule has 0 bridgehead atoms. The van der Waals surface area contributed by atoms with E-state index in [2.05, 4.69) is 33.3 Å². The number of nitrogens with one attached hydrogen (secondary N) is 1. The minimum absolute atomic E-state index is 0. The molecule has 1 fully saturated rings. The molecule has 3 rings (SSSR count). The Morgan fingerprint density at radius 3 is 2.70 bits per heavy atom. The van der Waals surface area contributed by atoms with Crippen LogP contribution in [0, 0.1) is 59.6 Å². The van der Waals surface area contributed by atoms with E-state index < -0.39 is 11.2 Å². The quantitative estimate of drug-likeness (QED) is 0.378. The van der Waals surface area contributed by atoms with Crippen molar-refractivity contribution in [3.63, 3.8) is 0 Å². The van der Waals surface area contributed by atoms with Crippen molar-refractivity contribution in [2.75, 3.05) is 25.6 Å². The summed E-state index contributed by atoms with van der Waals surface area (Å²) in [6, 6.07) is 6.00. The van der Waals surface area contributed by atoms with E-state index in [9.17, 15) is 9.65 Å². The summed E-state index contributed by atoms with van der Waals surface area (Å²) in [7, 11) is 1.61. The first-order valence-electron chi connectivity index (χ1n) is 11.3. The number of nitriles is 1. The average Bonchev–Trinajstić information content (AvgIpc) is 2.82. The summed E-state index contributed by atoms with van der Waals surface area (Å²) >= 11 is 0. The van der Waals surface area contributed by atoms with Crippen LogP contribution in [0.15, 0.2) is 24.5 Å². The fourth-order valence-corrected chi connectivity index (χ4v) is 3.87. The SMILES string of the molecule is CCC(C#N)(CCOC)COc1ccnc(-c2nc(NC3CCC(C)CC3)ncc2F)c1.[U]. The van der Waals surface area contributed by atoms with E-state index in [4.69, 9.17) is 9.47 Å². The average molecular weight is 680 g/mol. The van der Waals surface area contributed by atoms with Crippen molar-refractivity contribution >= 4 is 5.95 Å². The topological polar surface area (TPSA) is 93.0 Å². The second-order valence-electron chi connectivity index (χ2n) is 8.65. The van der Waals surface area contributed by atoms with E-state index in [0.717, 1.165) is 18.8 Å². The third kappa shape index (κ3) is 7.64. The number of rotatable bonds is 10. The standard InChI is InChI=1S/C24H32FN5O2.U/c1-4-24(15-26,10-12-31-3)16-32-19-9-11-27-21(13-19)22-20(25)14-28-23(30-22)29-18-7-5-17(2)6-8-18;/h9,11,13-14,17-18H,4-8,10,12,16H2,1-3H3,(H,28,29,30);. The Bertz CT molecular complexity index is 933. The predicted octanol–water partition coefficient (Wildman–Crippen LogP) is 5.00. The molecule has 2 heterocycles. The zero-order chi connectivity index (χ0) is 23.0. The zero-order valence-electron chi connectivity index (χ0n) is 19.6. The van der Waals surface area contributed by atoms with Gasteiger partial charge in [0.15, 0.2) is 5.82 Å². The Balaban J connectivity index is 0.00000385. The van der Waals surface area contributed by atoms with E-state index in [1.807, 2.05) is 6.92 Å². The Labute approximate surface area is 219 Å². The van der Waals surface area contributed by atoms with Crippen molar-refractivity contribution in [3.05, 3.63) is 30.3 Å². The van der Waals surface area contributed by atoms with Gasteiger partial charge in [-0.1, -0.05) is 13.8 Å². The molecule has 176 valence electrons.